The van der Waals surface area contributed by atoms with E-state index in [0.717, 1.165) is 44.2 Å². The number of piperidine rings is 1. The SMILES string of the molecule is CC(C)(C)OC(=O)ON1CC(COC(c2ccccc2)(c2ccccc2)c2ccccc2)C(c2ccc(COC(=O)Nc3ccccc3)cc2)C(OCc2ccc3ccccc3c2)C1. The molecule has 7 aromatic carbocycles. The van der Waals surface area contributed by atoms with Gasteiger partial charge in [-0.05, 0) is 83.1 Å². The van der Waals surface area contributed by atoms with Crippen LogP contribution in [0.25, 0.3) is 10.8 Å². The van der Waals surface area contributed by atoms with E-state index in [4.69, 9.17) is 23.8 Å². The van der Waals surface area contributed by atoms with Crippen molar-refractivity contribution in [2.24, 2.45) is 5.92 Å². The first-order valence-corrected chi connectivity index (χ1v) is 21.8. The van der Waals surface area contributed by atoms with Crippen molar-refractivity contribution in [1.82, 2.24) is 5.06 Å². The number of para-hydroxylation sites is 1. The van der Waals surface area contributed by atoms with Gasteiger partial charge < -0.3 is 23.8 Å². The van der Waals surface area contributed by atoms with Crippen molar-refractivity contribution < 1.29 is 33.4 Å². The second kappa shape index (κ2) is 20.2. The first-order chi connectivity index (χ1) is 31.1. The highest BCUT2D eigenvalue weighted by Gasteiger charge is 2.44. The standard InChI is InChI=1S/C55H54N2O7/c1-54(2,3)63-53(59)64-57-35-45(39-62-55(46-20-8-4-9-21-46,47-22-10-5-11-23-47)48-24-12-6-13-25-48)51(50(36-57)60-38-41-30-31-42-18-16-17-19-44(42)34-41)43-32-28-40(29-33-43)37-61-52(58)56-49-26-14-7-15-27-49/h4-34,45,50-51H,35-39H2,1-3H3,(H,56,58). The Balaban J connectivity index is 1.15. The maximum atomic E-state index is 13.3. The van der Waals surface area contributed by atoms with Crippen LogP contribution >= 0.6 is 0 Å². The van der Waals surface area contributed by atoms with Gasteiger partial charge in [-0.25, -0.2) is 9.59 Å². The summed E-state index contributed by atoms with van der Waals surface area (Å²) >= 11 is 0. The Labute approximate surface area is 375 Å². The fourth-order valence-corrected chi connectivity index (χ4v) is 8.51. The second-order valence-electron chi connectivity index (χ2n) is 17.1. The molecule has 64 heavy (non-hydrogen) atoms. The van der Waals surface area contributed by atoms with Gasteiger partial charge in [0.15, 0.2) is 0 Å². The summed E-state index contributed by atoms with van der Waals surface area (Å²) in [5.41, 5.74) is 4.71. The normalized spacial score (nSPS) is 16.8. The summed E-state index contributed by atoms with van der Waals surface area (Å²) in [7, 11) is 0. The van der Waals surface area contributed by atoms with Crippen molar-refractivity contribution in [3.05, 3.63) is 221 Å². The van der Waals surface area contributed by atoms with Crippen molar-refractivity contribution >= 4 is 28.7 Å². The van der Waals surface area contributed by atoms with Gasteiger partial charge in [-0.1, -0.05) is 170 Å². The molecule has 1 N–H and O–H groups in total. The van der Waals surface area contributed by atoms with E-state index in [1.165, 1.54) is 0 Å². The highest BCUT2D eigenvalue weighted by atomic mass is 16.8. The van der Waals surface area contributed by atoms with Crippen LogP contribution in [0.4, 0.5) is 15.3 Å². The van der Waals surface area contributed by atoms with E-state index in [9.17, 15) is 9.59 Å². The minimum atomic E-state index is -0.994. The summed E-state index contributed by atoms with van der Waals surface area (Å²) in [5.74, 6) is -0.498. The molecule has 0 spiro atoms. The highest BCUT2D eigenvalue weighted by molar-refractivity contribution is 5.84. The number of carbonyl (C=O) groups is 2. The van der Waals surface area contributed by atoms with Crippen molar-refractivity contribution in [3.63, 3.8) is 0 Å². The van der Waals surface area contributed by atoms with Crippen LogP contribution in [-0.4, -0.2) is 48.7 Å². The average Bonchev–Trinajstić information content (AvgIpc) is 3.31. The molecule has 1 aliphatic heterocycles. The van der Waals surface area contributed by atoms with Gasteiger partial charge in [-0.3, -0.25) is 5.32 Å². The van der Waals surface area contributed by atoms with Gasteiger partial charge >= 0.3 is 12.2 Å². The van der Waals surface area contributed by atoms with Gasteiger partial charge in [0.05, 0.1) is 25.9 Å². The fourth-order valence-electron chi connectivity index (χ4n) is 8.51. The number of rotatable bonds is 14. The molecule has 0 aliphatic carbocycles. The number of anilines is 1. The van der Waals surface area contributed by atoms with Gasteiger partial charge in [0, 0.05) is 24.1 Å². The molecule has 1 aliphatic rings. The van der Waals surface area contributed by atoms with E-state index in [0.29, 0.717) is 18.8 Å². The number of benzene rings is 7. The number of ether oxygens (including phenoxy) is 4. The third kappa shape index (κ3) is 10.9. The number of hydroxylamine groups is 2. The monoisotopic (exact) mass is 854 g/mol. The zero-order valence-electron chi connectivity index (χ0n) is 36.5. The molecule has 1 saturated heterocycles. The summed E-state index contributed by atoms with van der Waals surface area (Å²) in [4.78, 5) is 32.0. The number of fused-ring (bicyclic) bond motifs is 1. The summed E-state index contributed by atoms with van der Waals surface area (Å²) < 4.78 is 25.7. The molecule has 3 atom stereocenters. The molecule has 1 heterocycles. The summed E-state index contributed by atoms with van der Waals surface area (Å²) in [6, 6.07) is 62.8. The van der Waals surface area contributed by atoms with Crippen molar-refractivity contribution in [2.75, 3.05) is 25.0 Å². The summed E-state index contributed by atoms with van der Waals surface area (Å²) in [5, 5.41) is 6.71. The number of nitrogens with one attached hydrogen (secondary N) is 1. The van der Waals surface area contributed by atoms with Gasteiger partial charge in [0.2, 0.25) is 0 Å². The first-order valence-electron chi connectivity index (χ1n) is 21.8. The van der Waals surface area contributed by atoms with Crippen LogP contribution in [0.5, 0.6) is 0 Å². The smallest absolute Gasteiger partial charge is 0.444 e. The largest absolute Gasteiger partial charge is 0.528 e. The van der Waals surface area contributed by atoms with Crippen LogP contribution in [-0.2, 0) is 42.6 Å². The van der Waals surface area contributed by atoms with Gasteiger partial charge in [-0.15, -0.1) is 5.06 Å². The molecule has 3 unspecified atom stereocenters. The lowest BCUT2D eigenvalue weighted by Gasteiger charge is -2.44. The Morgan fingerprint density at radius 2 is 1.16 bits per heavy atom. The molecule has 0 aromatic heterocycles. The molecule has 7 aromatic rings. The number of hydrogen-bond donors (Lipinski definition) is 1. The molecular formula is C55H54N2O7. The fraction of sp³-hybridized carbons (Fsp3) is 0.236. The minimum absolute atomic E-state index is 0.0866. The molecule has 1 amide bonds. The van der Waals surface area contributed by atoms with Crippen LogP contribution in [0, 0.1) is 5.92 Å². The molecule has 0 radical (unpaired) electrons. The van der Waals surface area contributed by atoms with E-state index in [-0.39, 0.29) is 31.6 Å². The quantitative estimate of drug-likeness (QED) is 0.0854. The van der Waals surface area contributed by atoms with Gasteiger partial charge in [-0.2, -0.15) is 0 Å². The maximum absolute atomic E-state index is 13.3. The lowest BCUT2D eigenvalue weighted by molar-refractivity contribution is -0.198. The molecular weight excluding hydrogens is 801 g/mol. The average molecular weight is 855 g/mol. The van der Waals surface area contributed by atoms with E-state index < -0.39 is 29.6 Å². The maximum Gasteiger partial charge on any atom is 0.528 e. The Kier molecular flexibility index (Phi) is 13.8. The zero-order chi connectivity index (χ0) is 44.4. The van der Waals surface area contributed by atoms with Gasteiger partial charge in [0.1, 0.15) is 17.8 Å². The molecule has 9 nitrogen and oxygen atoms in total. The predicted molar refractivity (Wildman–Crippen MR) is 249 cm³/mol. The Hall–Kier alpha value is -6.78. The van der Waals surface area contributed by atoms with Crippen LogP contribution in [0.3, 0.4) is 0 Å². The van der Waals surface area contributed by atoms with Crippen LogP contribution < -0.4 is 5.32 Å². The lowest BCUT2D eigenvalue weighted by atomic mass is 9.77. The minimum Gasteiger partial charge on any atom is -0.444 e. The lowest BCUT2D eigenvalue weighted by Crippen LogP contribution is -2.52. The third-order valence-corrected chi connectivity index (χ3v) is 11.4. The molecule has 1 fully saturated rings. The first kappa shape index (κ1) is 43.9. The van der Waals surface area contributed by atoms with Crippen molar-refractivity contribution in [1.29, 1.82) is 0 Å². The van der Waals surface area contributed by atoms with Gasteiger partial charge in [0.25, 0.3) is 0 Å². The number of hydrogen-bond acceptors (Lipinski definition) is 8. The Bertz CT molecular complexity index is 2490. The second-order valence-corrected chi connectivity index (χ2v) is 17.1. The van der Waals surface area contributed by atoms with Crippen molar-refractivity contribution in [2.45, 2.75) is 57.2 Å². The molecule has 0 saturated carbocycles. The molecule has 8 rings (SSSR count). The summed E-state index contributed by atoms with van der Waals surface area (Å²) in [6.45, 7) is 6.71. The summed E-state index contributed by atoms with van der Waals surface area (Å²) in [6.07, 6.45) is -1.79. The van der Waals surface area contributed by atoms with E-state index in [1.807, 2.05) is 130 Å². The zero-order valence-corrected chi connectivity index (χ0v) is 36.5. The Morgan fingerprint density at radius 3 is 1.75 bits per heavy atom. The number of nitrogens with zero attached hydrogens (tertiary/aromatic N) is 1. The number of carbonyl (C=O) groups excluding carboxylic acids is 2. The van der Waals surface area contributed by atoms with Crippen molar-refractivity contribution in [3.8, 4) is 0 Å². The van der Waals surface area contributed by atoms with Crippen LogP contribution in [0.2, 0.25) is 0 Å². The van der Waals surface area contributed by atoms with Crippen LogP contribution in [0.15, 0.2) is 188 Å². The molecule has 0 bridgehead atoms. The topological polar surface area (TPSA) is 95.6 Å². The van der Waals surface area contributed by atoms with Crippen LogP contribution in [0.1, 0.15) is 60.1 Å². The van der Waals surface area contributed by atoms with E-state index in [2.05, 4.69) is 84.2 Å². The third-order valence-electron chi connectivity index (χ3n) is 11.4. The predicted octanol–water partition coefficient (Wildman–Crippen LogP) is 12.1. The highest BCUT2D eigenvalue weighted by Crippen LogP contribution is 2.43. The Morgan fingerprint density at radius 1 is 0.609 bits per heavy atom. The molecule has 326 valence electrons. The van der Waals surface area contributed by atoms with E-state index in [1.54, 1.807) is 5.06 Å². The molecule has 9 heteroatoms. The number of amides is 1. The van der Waals surface area contributed by atoms with E-state index >= 15 is 0 Å².